The Balaban J connectivity index is 1.88. The molecule has 100 valence electrons. The van der Waals surface area contributed by atoms with Crippen molar-refractivity contribution < 1.29 is 4.74 Å². The summed E-state index contributed by atoms with van der Waals surface area (Å²) >= 11 is 5.98. The minimum Gasteiger partial charge on any atom is -0.378 e. The number of benzene rings is 1. The van der Waals surface area contributed by atoms with Crippen molar-refractivity contribution in [3.8, 4) is 0 Å². The van der Waals surface area contributed by atoms with Crippen LogP contribution in [0.5, 0.6) is 0 Å². The third kappa shape index (κ3) is 2.80. The van der Waals surface area contributed by atoms with E-state index in [1.807, 2.05) is 18.2 Å². The highest BCUT2D eigenvalue weighted by atomic mass is 35.5. The molecular formula is C14H16ClN3O. The number of anilines is 1. The Kier molecular flexibility index (Phi) is 3.53. The second-order valence-corrected chi connectivity index (χ2v) is 5.37. The fraction of sp³-hybridized carbons (Fsp3) is 0.429. The van der Waals surface area contributed by atoms with Crippen molar-refractivity contribution in [1.82, 2.24) is 9.97 Å². The zero-order chi connectivity index (χ0) is 13.2. The predicted molar refractivity (Wildman–Crippen MR) is 76.6 cm³/mol. The third-order valence-corrected chi connectivity index (χ3v) is 3.66. The minimum atomic E-state index is 0.300. The molecule has 0 bridgehead atoms. The van der Waals surface area contributed by atoms with Gasteiger partial charge in [0.1, 0.15) is 12.1 Å². The van der Waals surface area contributed by atoms with E-state index in [-0.39, 0.29) is 0 Å². The van der Waals surface area contributed by atoms with Crippen LogP contribution >= 0.6 is 11.6 Å². The number of hydrogen-bond acceptors (Lipinski definition) is 4. The topological polar surface area (TPSA) is 47.0 Å². The molecule has 1 saturated heterocycles. The minimum absolute atomic E-state index is 0.300. The molecule has 1 fully saturated rings. The van der Waals surface area contributed by atoms with E-state index in [0.717, 1.165) is 36.2 Å². The second-order valence-electron chi connectivity index (χ2n) is 4.93. The molecule has 3 rings (SSSR count). The summed E-state index contributed by atoms with van der Waals surface area (Å²) in [4.78, 5) is 8.60. The molecule has 0 radical (unpaired) electrons. The van der Waals surface area contributed by atoms with Crippen molar-refractivity contribution >= 4 is 28.3 Å². The van der Waals surface area contributed by atoms with Gasteiger partial charge in [-0.3, -0.25) is 0 Å². The smallest absolute Gasteiger partial charge is 0.137 e. The quantitative estimate of drug-likeness (QED) is 0.915. The maximum absolute atomic E-state index is 5.98. The van der Waals surface area contributed by atoms with Crippen LogP contribution < -0.4 is 5.32 Å². The summed E-state index contributed by atoms with van der Waals surface area (Å²) in [6.07, 6.45) is 3.88. The summed E-state index contributed by atoms with van der Waals surface area (Å²) in [6, 6.07) is 6.09. The van der Waals surface area contributed by atoms with E-state index in [4.69, 9.17) is 16.3 Å². The number of ether oxygens (including phenoxy) is 1. The lowest BCUT2D eigenvalue weighted by Gasteiger charge is -2.28. The molecule has 1 aromatic carbocycles. The Morgan fingerprint density at radius 3 is 3.11 bits per heavy atom. The maximum Gasteiger partial charge on any atom is 0.137 e. The van der Waals surface area contributed by atoms with Gasteiger partial charge in [0.2, 0.25) is 0 Å². The second kappa shape index (κ2) is 5.31. The zero-order valence-electron chi connectivity index (χ0n) is 10.8. The van der Waals surface area contributed by atoms with Gasteiger partial charge in [0.25, 0.3) is 0 Å². The molecule has 0 saturated carbocycles. The molecule has 0 aliphatic carbocycles. The van der Waals surface area contributed by atoms with Crippen LogP contribution in [0.25, 0.3) is 10.9 Å². The lowest BCUT2D eigenvalue weighted by Crippen LogP contribution is -2.32. The number of nitrogens with zero attached hydrogens (tertiary/aromatic N) is 2. The van der Waals surface area contributed by atoms with Gasteiger partial charge in [0.05, 0.1) is 11.6 Å². The number of fused-ring (bicyclic) bond motifs is 1. The molecule has 2 heterocycles. The Morgan fingerprint density at radius 2 is 2.26 bits per heavy atom. The van der Waals surface area contributed by atoms with Crippen LogP contribution in [-0.2, 0) is 4.74 Å². The first-order valence-corrected chi connectivity index (χ1v) is 6.88. The van der Waals surface area contributed by atoms with Gasteiger partial charge in [-0.2, -0.15) is 0 Å². The summed E-state index contributed by atoms with van der Waals surface area (Å²) in [7, 11) is 0. The highest BCUT2D eigenvalue weighted by molar-refractivity contribution is 6.31. The van der Waals surface area contributed by atoms with Crippen LogP contribution in [0.2, 0.25) is 5.02 Å². The van der Waals surface area contributed by atoms with Gasteiger partial charge in [-0.05, 0) is 38.0 Å². The van der Waals surface area contributed by atoms with Crippen LogP contribution in [0, 0.1) is 0 Å². The molecule has 1 aliphatic rings. The van der Waals surface area contributed by atoms with Crippen molar-refractivity contribution in [1.29, 1.82) is 0 Å². The molecule has 4 nitrogen and oxygen atoms in total. The number of halogens is 1. The molecule has 2 atom stereocenters. The lowest BCUT2D eigenvalue weighted by molar-refractivity contribution is 0.0232. The average Bonchev–Trinajstić information content (AvgIpc) is 2.38. The van der Waals surface area contributed by atoms with Gasteiger partial charge in [0, 0.05) is 23.1 Å². The van der Waals surface area contributed by atoms with E-state index in [9.17, 15) is 0 Å². The van der Waals surface area contributed by atoms with Crippen molar-refractivity contribution in [3.05, 3.63) is 29.5 Å². The molecule has 1 aromatic heterocycles. The molecular weight excluding hydrogens is 262 g/mol. The summed E-state index contributed by atoms with van der Waals surface area (Å²) in [5.74, 6) is 0.876. The maximum atomic E-state index is 5.98. The van der Waals surface area contributed by atoms with Crippen molar-refractivity contribution in [2.45, 2.75) is 31.9 Å². The molecule has 0 spiro atoms. The van der Waals surface area contributed by atoms with Gasteiger partial charge >= 0.3 is 0 Å². The van der Waals surface area contributed by atoms with E-state index in [1.165, 1.54) is 0 Å². The highest BCUT2D eigenvalue weighted by Gasteiger charge is 2.20. The predicted octanol–water partition coefficient (Wildman–Crippen LogP) is 3.26. The number of nitrogens with one attached hydrogen (secondary N) is 1. The Morgan fingerprint density at radius 1 is 1.37 bits per heavy atom. The van der Waals surface area contributed by atoms with E-state index < -0.39 is 0 Å². The van der Waals surface area contributed by atoms with Crippen molar-refractivity contribution in [3.63, 3.8) is 0 Å². The van der Waals surface area contributed by atoms with E-state index in [1.54, 1.807) is 6.33 Å². The van der Waals surface area contributed by atoms with Gasteiger partial charge in [-0.25, -0.2) is 9.97 Å². The van der Waals surface area contributed by atoms with E-state index >= 15 is 0 Å². The molecule has 0 amide bonds. The molecule has 1 N–H and O–H groups in total. The molecule has 0 unspecified atom stereocenters. The average molecular weight is 278 g/mol. The van der Waals surface area contributed by atoms with Crippen LogP contribution in [0.1, 0.15) is 19.8 Å². The summed E-state index contributed by atoms with van der Waals surface area (Å²) in [5, 5.41) is 5.20. The highest BCUT2D eigenvalue weighted by Crippen LogP contribution is 2.25. The van der Waals surface area contributed by atoms with Crippen LogP contribution in [-0.4, -0.2) is 28.7 Å². The number of hydrogen-bond donors (Lipinski definition) is 1. The number of aromatic nitrogens is 2. The summed E-state index contributed by atoms with van der Waals surface area (Å²) in [5.41, 5.74) is 0.866. The largest absolute Gasteiger partial charge is 0.378 e. The zero-order valence-corrected chi connectivity index (χ0v) is 11.5. The van der Waals surface area contributed by atoms with Crippen molar-refractivity contribution in [2.75, 3.05) is 11.9 Å². The van der Waals surface area contributed by atoms with Crippen LogP contribution in [0.4, 0.5) is 5.82 Å². The fourth-order valence-corrected chi connectivity index (χ4v) is 2.63. The normalized spacial score (nSPS) is 23.5. The Hall–Kier alpha value is -1.39. The van der Waals surface area contributed by atoms with Crippen LogP contribution in [0.3, 0.4) is 0 Å². The first-order valence-electron chi connectivity index (χ1n) is 6.51. The Labute approximate surface area is 117 Å². The lowest BCUT2D eigenvalue weighted by atomic mass is 10.0. The molecule has 2 aromatic rings. The van der Waals surface area contributed by atoms with E-state index in [0.29, 0.717) is 17.2 Å². The van der Waals surface area contributed by atoms with Crippen molar-refractivity contribution in [2.24, 2.45) is 0 Å². The monoisotopic (exact) mass is 277 g/mol. The molecule has 5 heteroatoms. The SMILES string of the molecule is C[C@@H]1C[C@@H](Nc2ncnc3cc(Cl)ccc23)CCO1. The molecule has 19 heavy (non-hydrogen) atoms. The first-order chi connectivity index (χ1) is 9.22. The first kappa shape index (κ1) is 12.6. The van der Waals surface area contributed by atoms with Gasteiger partial charge in [-0.1, -0.05) is 11.6 Å². The summed E-state index contributed by atoms with van der Waals surface area (Å²) < 4.78 is 5.56. The van der Waals surface area contributed by atoms with Gasteiger partial charge in [0.15, 0.2) is 0 Å². The Bertz CT molecular complexity index is 590. The third-order valence-electron chi connectivity index (χ3n) is 3.42. The van der Waals surface area contributed by atoms with Gasteiger partial charge < -0.3 is 10.1 Å². The van der Waals surface area contributed by atoms with Gasteiger partial charge in [-0.15, -0.1) is 0 Å². The number of rotatable bonds is 2. The van der Waals surface area contributed by atoms with Crippen LogP contribution in [0.15, 0.2) is 24.5 Å². The summed E-state index contributed by atoms with van der Waals surface area (Å²) in [6.45, 7) is 2.90. The molecule has 1 aliphatic heterocycles. The standard InChI is InChI=1S/C14H16ClN3O/c1-9-6-11(4-5-19-9)18-14-12-3-2-10(15)7-13(12)16-8-17-14/h2-3,7-9,11H,4-6H2,1H3,(H,16,17,18)/t9-,11+/m1/s1. The van der Waals surface area contributed by atoms with E-state index in [2.05, 4.69) is 22.2 Å². The fourth-order valence-electron chi connectivity index (χ4n) is 2.47.